The highest BCUT2D eigenvalue weighted by Gasteiger charge is 2.18. The standard InChI is InChI=1S/C20H28N6O/c1-2-4-21-19(3-1)20-22-15-18(16-23-20)17-26-9-7-24(8-10-26)5-6-25-11-13-27-14-12-25/h1-4,15-16H,5-14,17H2. The van der Waals surface area contributed by atoms with Gasteiger partial charge in [0.1, 0.15) is 5.69 Å². The first-order chi connectivity index (χ1) is 13.4. The predicted molar refractivity (Wildman–Crippen MR) is 104 cm³/mol. The van der Waals surface area contributed by atoms with E-state index in [-0.39, 0.29) is 0 Å². The number of aromatic nitrogens is 3. The molecule has 0 atom stereocenters. The van der Waals surface area contributed by atoms with Gasteiger partial charge in [-0.05, 0) is 12.1 Å². The maximum atomic E-state index is 5.42. The average Bonchev–Trinajstić information content (AvgIpc) is 2.75. The fraction of sp³-hybridized carbons (Fsp3) is 0.550. The van der Waals surface area contributed by atoms with Gasteiger partial charge in [-0.25, -0.2) is 9.97 Å². The SMILES string of the molecule is c1ccc(-c2ncc(CN3CCN(CCN4CCOCC4)CC3)cn2)nc1. The van der Waals surface area contributed by atoms with Crippen LogP contribution in [0.15, 0.2) is 36.8 Å². The van der Waals surface area contributed by atoms with Gasteiger partial charge >= 0.3 is 0 Å². The molecule has 2 saturated heterocycles. The third-order valence-corrected chi connectivity index (χ3v) is 5.31. The lowest BCUT2D eigenvalue weighted by atomic mass is 10.2. The van der Waals surface area contributed by atoms with Gasteiger partial charge in [0.2, 0.25) is 0 Å². The van der Waals surface area contributed by atoms with Crippen LogP contribution in [0.1, 0.15) is 5.56 Å². The first kappa shape index (κ1) is 18.4. The van der Waals surface area contributed by atoms with E-state index in [4.69, 9.17) is 4.74 Å². The molecule has 7 nitrogen and oxygen atoms in total. The van der Waals surface area contributed by atoms with Gasteiger partial charge in [-0.15, -0.1) is 0 Å². The van der Waals surface area contributed by atoms with E-state index < -0.39 is 0 Å². The molecule has 2 aliphatic rings. The van der Waals surface area contributed by atoms with Crippen LogP contribution in [0.25, 0.3) is 11.5 Å². The summed E-state index contributed by atoms with van der Waals surface area (Å²) in [7, 11) is 0. The van der Waals surface area contributed by atoms with Crippen LogP contribution < -0.4 is 0 Å². The molecule has 7 heteroatoms. The quantitative estimate of drug-likeness (QED) is 0.754. The predicted octanol–water partition coefficient (Wildman–Crippen LogP) is 0.988. The van der Waals surface area contributed by atoms with Crippen molar-refractivity contribution in [1.82, 2.24) is 29.7 Å². The number of ether oxygens (including phenoxy) is 1. The zero-order valence-corrected chi connectivity index (χ0v) is 15.8. The largest absolute Gasteiger partial charge is 0.379 e. The number of morpholine rings is 1. The van der Waals surface area contributed by atoms with Crippen LogP contribution in [0, 0.1) is 0 Å². The molecule has 2 aromatic rings. The maximum absolute atomic E-state index is 5.42. The zero-order valence-electron chi connectivity index (χ0n) is 15.8. The number of hydrogen-bond donors (Lipinski definition) is 0. The number of pyridine rings is 1. The molecular weight excluding hydrogens is 340 g/mol. The van der Waals surface area contributed by atoms with Crippen molar-refractivity contribution in [1.29, 1.82) is 0 Å². The second kappa shape index (κ2) is 9.32. The summed E-state index contributed by atoms with van der Waals surface area (Å²) in [6, 6.07) is 5.79. The van der Waals surface area contributed by atoms with Crippen LogP contribution in [0.5, 0.6) is 0 Å². The van der Waals surface area contributed by atoms with Crippen LogP contribution in [0.2, 0.25) is 0 Å². The zero-order chi connectivity index (χ0) is 18.3. The molecule has 2 aromatic heterocycles. The molecule has 27 heavy (non-hydrogen) atoms. The monoisotopic (exact) mass is 368 g/mol. The van der Waals surface area contributed by atoms with E-state index >= 15 is 0 Å². The number of piperazine rings is 1. The van der Waals surface area contributed by atoms with Gasteiger partial charge in [0.15, 0.2) is 5.82 Å². The molecule has 2 aliphatic heterocycles. The highest BCUT2D eigenvalue weighted by molar-refractivity contribution is 5.47. The van der Waals surface area contributed by atoms with Crippen LogP contribution in [0.4, 0.5) is 0 Å². The fourth-order valence-corrected chi connectivity index (χ4v) is 3.60. The Kier molecular flexibility index (Phi) is 6.36. The van der Waals surface area contributed by atoms with Crippen LogP contribution >= 0.6 is 0 Å². The summed E-state index contributed by atoms with van der Waals surface area (Å²) in [6.45, 7) is 11.6. The summed E-state index contributed by atoms with van der Waals surface area (Å²) in [5.41, 5.74) is 1.98. The second-order valence-corrected chi connectivity index (χ2v) is 7.20. The molecule has 0 bridgehead atoms. The van der Waals surface area contributed by atoms with Gasteiger partial charge in [0.25, 0.3) is 0 Å². The molecule has 144 valence electrons. The number of nitrogens with zero attached hydrogens (tertiary/aromatic N) is 6. The molecule has 0 radical (unpaired) electrons. The molecule has 0 saturated carbocycles. The summed E-state index contributed by atoms with van der Waals surface area (Å²) in [4.78, 5) is 20.8. The first-order valence-electron chi connectivity index (χ1n) is 9.84. The third-order valence-electron chi connectivity index (χ3n) is 5.31. The van der Waals surface area contributed by atoms with Crippen molar-refractivity contribution in [3.63, 3.8) is 0 Å². The molecule has 0 N–H and O–H groups in total. The summed E-state index contributed by atoms with van der Waals surface area (Å²) in [5.74, 6) is 0.687. The Balaban J connectivity index is 1.21. The Morgan fingerprint density at radius 3 is 2.11 bits per heavy atom. The van der Waals surface area contributed by atoms with Gasteiger partial charge < -0.3 is 4.74 Å². The Bertz CT molecular complexity index is 681. The van der Waals surface area contributed by atoms with Crippen molar-refractivity contribution in [2.24, 2.45) is 0 Å². The Labute approximate surface area is 161 Å². The van der Waals surface area contributed by atoms with Crippen LogP contribution in [0.3, 0.4) is 0 Å². The van der Waals surface area contributed by atoms with E-state index in [2.05, 4.69) is 29.7 Å². The summed E-state index contributed by atoms with van der Waals surface area (Å²) < 4.78 is 5.42. The van der Waals surface area contributed by atoms with Gasteiger partial charge in [-0.1, -0.05) is 6.07 Å². The summed E-state index contributed by atoms with van der Waals surface area (Å²) in [5, 5.41) is 0. The lowest BCUT2D eigenvalue weighted by molar-refractivity contribution is 0.0296. The van der Waals surface area contributed by atoms with E-state index in [1.807, 2.05) is 30.6 Å². The average molecular weight is 368 g/mol. The van der Waals surface area contributed by atoms with E-state index in [0.29, 0.717) is 5.82 Å². The minimum absolute atomic E-state index is 0.687. The van der Waals surface area contributed by atoms with Crippen molar-refractivity contribution < 1.29 is 4.74 Å². The topological polar surface area (TPSA) is 57.6 Å². The highest BCUT2D eigenvalue weighted by atomic mass is 16.5. The second-order valence-electron chi connectivity index (χ2n) is 7.20. The molecule has 4 rings (SSSR count). The number of hydrogen-bond acceptors (Lipinski definition) is 7. The normalized spacial score (nSPS) is 20.0. The molecule has 0 aromatic carbocycles. The van der Waals surface area contributed by atoms with E-state index in [9.17, 15) is 0 Å². The third kappa shape index (κ3) is 5.29. The molecule has 0 amide bonds. The van der Waals surface area contributed by atoms with Crippen molar-refractivity contribution in [3.8, 4) is 11.5 Å². The van der Waals surface area contributed by atoms with Crippen molar-refractivity contribution in [2.45, 2.75) is 6.54 Å². The molecule has 0 aliphatic carbocycles. The first-order valence-corrected chi connectivity index (χ1v) is 9.84. The maximum Gasteiger partial charge on any atom is 0.178 e. The lowest BCUT2D eigenvalue weighted by Crippen LogP contribution is -2.49. The summed E-state index contributed by atoms with van der Waals surface area (Å²) in [6.07, 6.45) is 5.63. The molecule has 2 fully saturated rings. The van der Waals surface area contributed by atoms with Crippen LogP contribution in [-0.4, -0.2) is 95.2 Å². The molecule has 0 spiro atoms. The fourth-order valence-electron chi connectivity index (χ4n) is 3.60. The van der Waals surface area contributed by atoms with Crippen LogP contribution in [-0.2, 0) is 11.3 Å². The van der Waals surface area contributed by atoms with Gasteiger partial charge in [0.05, 0.1) is 13.2 Å². The van der Waals surface area contributed by atoms with Gasteiger partial charge in [-0.2, -0.15) is 0 Å². The summed E-state index contributed by atoms with van der Waals surface area (Å²) >= 11 is 0. The van der Waals surface area contributed by atoms with Gasteiger partial charge in [0, 0.05) is 83.1 Å². The molecule has 0 unspecified atom stereocenters. The van der Waals surface area contributed by atoms with Gasteiger partial charge in [-0.3, -0.25) is 19.7 Å². The highest BCUT2D eigenvalue weighted by Crippen LogP contribution is 2.12. The number of rotatable bonds is 6. The minimum Gasteiger partial charge on any atom is -0.379 e. The molecular formula is C20H28N6O. The van der Waals surface area contributed by atoms with E-state index in [1.165, 1.54) is 0 Å². The van der Waals surface area contributed by atoms with Crippen molar-refractivity contribution in [3.05, 3.63) is 42.4 Å². The van der Waals surface area contributed by atoms with E-state index in [0.717, 1.165) is 83.4 Å². The Hall–Kier alpha value is -1.93. The smallest absolute Gasteiger partial charge is 0.178 e. The van der Waals surface area contributed by atoms with E-state index in [1.54, 1.807) is 6.20 Å². The lowest BCUT2D eigenvalue weighted by Gasteiger charge is -2.36. The minimum atomic E-state index is 0.687. The Morgan fingerprint density at radius 2 is 1.44 bits per heavy atom. The molecule has 4 heterocycles. The van der Waals surface area contributed by atoms with Crippen molar-refractivity contribution >= 4 is 0 Å². The van der Waals surface area contributed by atoms with Crippen molar-refractivity contribution in [2.75, 3.05) is 65.6 Å². The Morgan fingerprint density at radius 1 is 0.778 bits per heavy atom.